The highest BCUT2D eigenvalue weighted by molar-refractivity contribution is 7.10. The summed E-state index contributed by atoms with van der Waals surface area (Å²) in [6.45, 7) is 9.99. The minimum absolute atomic E-state index is 0.220. The Bertz CT molecular complexity index is 975. The molecule has 0 saturated heterocycles. The fourth-order valence-electron chi connectivity index (χ4n) is 3.04. The predicted molar refractivity (Wildman–Crippen MR) is 122 cm³/mol. The number of thiophene rings is 1. The van der Waals surface area contributed by atoms with E-state index in [2.05, 4.69) is 28.8 Å². The Balaban J connectivity index is 2.11. The highest BCUT2D eigenvalue weighted by Crippen LogP contribution is 2.33. The molecule has 1 aromatic carbocycles. The van der Waals surface area contributed by atoms with E-state index in [1.807, 2.05) is 62.5 Å². The number of nitrogens with zero attached hydrogens (tertiary/aromatic N) is 3. The molecule has 0 radical (unpaired) electrons. The van der Waals surface area contributed by atoms with Crippen LogP contribution in [0.4, 0.5) is 5.69 Å². The lowest BCUT2D eigenvalue weighted by atomic mass is 10.0. The van der Waals surface area contributed by atoms with Gasteiger partial charge in [0.2, 0.25) is 5.91 Å². The molecule has 0 aliphatic heterocycles. The first-order chi connectivity index (χ1) is 14.2. The third-order valence-electron chi connectivity index (χ3n) is 4.45. The van der Waals surface area contributed by atoms with Crippen LogP contribution in [0.3, 0.4) is 0 Å². The molecule has 30 heavy (non-hydrogen) atoms. The molecule has 2 heterocycles. The van der Waals surface area contributed by atoms with Crippen molar-refractivity contribution in [2.24, 2.45) is 0 Å². The van der Waals surface area contributed by atoms with Crippen molar-refractivity contribution in [3.8, 4) is 0 Å². The zero-order valence-corrected chi connectivity index (χ0v) is 19.4. The number of nitrogens with one attached hydrogen (secondary N) is 1. The standard InChI is InChI=1S/C22H26N4O2S2/c1-14(2)15-8-10-16(11-9-15)26(21(28)17-13-30-25-24-17)19(18-7-6-12-29-18)20(27)23-22(3,4)5/h6-14,19H,1-5H3,(H,23,27)/t19-/m1/s1. The lowest BCUT2D eigenvalue weighted by Crippen LogP contribution is -2.49. The molecule has 3 rings (SSSR count). The topological polar surface area (TPSA) is 75.2 Å². The van der Waals surface area contributed by atoms with Crippen molar-refractivity contribution >= 4 is 40.4 Å². The summed E-state index contributed by atoms with van der Waals surface area (Å²) in [6, 6.07) is 10.7. The Kier molecular flexibility index (Phi) is 6.67. The maximum absolute atomic E-state index is 13.5. The first-order valence-electron chi connectivity index (χ1n) is 9.73. The van der Waals surface area contributed by atoms with Crippen molar-refractivity contribution < 1.29 is 9.59 Å². The Morgan fingerprint density at radius 3 is 2.30 bits per heavy atom. The molecule has 158 valence electrons. The van der Waals surface area contributed by atoms with Crippen LogP contribution in [0.25, 0.3) is 0 Å². The van der Waals surface area contributed by atoms with Crippen LogP contribution in [0, 0.1) is 0 Å². The van der Waals surface area contributed by atoms with Gasteiger partial charge < -0.3 is 5.32 Å². The summed E-state index contributed by atoms with van der Waals surface area (Å²) in [4.78, 5) is 29.2. The number of aromatic nitrogens is 2. The summed E-state index contributed by atoms with van der Waals surface area (Å²) >= 11 is 2.55. The van der Waals surface area contributed by atoms with Crippen molar-refractivity contribution in [1.82, 2.24) is 14.9 Å². The van der Waals surface area contributed by atoms with Crippen LogP contribution in [0.1, 0.15) is 67.5 Å². The maximum Gasteiger partial charge on any atom is 0.280 e. The van der Waals surface area contributed by atoms with Crippen molar-refractivity contribution in [1.29, 1.82) is 0 Å². The highest BCUT2D eigenvalue weighted by Gasteiger charge is 2.36. The van der Waals surface area contributed by atoms with Gasteiger partial charge in [-0.15, -0.1) is 16.4 Å². The number of anilines is 1. The van der Waals surface area contributed by atoms with Gasteiger partial charge >= 0.3 is 0 Å². The maximum atomic E-state index is 13.5. The van der Waals surface area contributed by atoms with Gasteiger partial charge in [0.05, 0.1) is 0 Å². The van der Waals surface area contributed by atoms with Gasteiger partial charge in [-0.05, 0) is 67.4 Å². The smallest absolute Gasteiger partial charge is 0.280 e. The van der Waals surface area contributed by atoms with Crippen molar-refractivity contribution in [2.45, 2.75) is 52.1 Å². The molecule has 0 unspecified atom stereocenters. The lowest BCUT2D eigenvalue weighted by molar-refractivity contribution is -0.123. The summed E-state index contributed by atoms with van der Waals surface area (Å²) in [7, 11) is 0. The van der Waals surface area contributed by atoms with E-state index >= 15 is 0 Å². The number of hydrogen-bond donors (Lipinski definition) is 1. The molecule has 1 atom stereocenters. The van der Waals surface area contributed by atoms with Crippen molar-refractivity contribution in [2.75, 3.05) is 4.90 Å². The summed E-state index contributed by atoms with van der Waals surface area (Å²) in [6.07, 6.45) is 0. The van der Waals surface area contributed by atoms with Crippen LogP contribution >= 0.6 is 22.9 Å². The first kappa shape index (κ1) is 22.1. The lowest BCUT2D eigenvalue weighted by Gasteiger charge is -2.32. The van der Waals surface area contributed by atoms with Gasteiger partial charge in [0.15, 0.2) is 11.7 Å². The third kappa shape index (κ3) is 5.12. The SMILES string of the molecule is CC(C)c1ccc(N(C(=O)c2csnn2)[C@@H](C(=O)NC(C)(C)C)c2cccs2)cc1. The van der Waals surface area contributed by atoms with Gasteiger partial charge in [-0.3, -0.25) is 14.5 Å². The second-order valence-electron chi connectivity index (χ2n) is 8.37. The van der Waals surface area contributed by atoms with Crippen LogP contribution in [0.15, 0.2) is 47.2 Å². The molecule has 0 spiro atoms. The van der Waals surface area contributed by atoms with Gasteiger partial charge in [-0.25, -0.2) is 0 Å². The minimum Gasteiger partial charge on any atom is -0.349 e. The molecule has 6 nitrogen and oxygen atoms in total. The van der Waals surface area contributed by atoms with Gasteiger partial charge in [0.1, 0.15) is 0 Å². The molecule has 0 fully saturated rings. The Labute approximate surface area is 185 Å². The average molecular weight is 443 g/mol. The fourth-order valence-corrected chi connectivity index (χ4v) is 4.29. The molecule has 8 heteroatoms. The number of hydrogen-bond acceptors (Lipinski definition) is 6. The second-order valence-corrected chi connectivity index (χ2v) is 9.96. The largest absolute Gasteiger partial charge is 0.349 e. The second kappa shape index (κ2) is 9.06. The summed E-state index contributed by atoms with van der Waals surface area (Å²) < 4.78 is 3.83. The molecule has 0 bridgehead atoms. The fraction of sp³-hybridized carbons (Fsp3) is 0.364. The normalized spacial score (nSPS) is 12.6. The molecule has 0 aliphatic rings. The van der Waals surface area contributed by atoms with E-state index < -0.39 is 11.6 Å². The van der Waals surface area contributed by atoms with E-state index in [0.717, 1.165) is 22.0 Å². The summed E-state index contributed by atoms with van der Waals surface area (Å²) in [5, 5.41) is 10.5. The number of carbonyl (C=O) groups is 2. The molecule has 2 aromatic heterocycles. The van der Waals surface area contributed by atoms with Crippen molar-refractivity contribution in [3.05, 3.63) is 63.3 Å². The van der Waals surface area contributed by atoms with E-state index in [1.54, 1.807) is 5.38 Å². The van der Waals surface area contributed by atoms with Crippen LogP contribution < -0.4 is 10.2 Å². The van der Waals surface area contributed by atoms with Gasteiger partial charge in [-0.2, -0.15) is 0 Å². The third-order valence-corrected chi connectivity index (χ3v) is 5.88. The quantitative estimate of drug-likeness (QED) is 0.581. The van der Waals surface area contributed by atoms with Gasteiger partial charge in [-0.1, -0.05) is 36.5 Å². The Morgan fingerprint density at radius 1 is 1.10 bits per heavy atom. The zero-order chi connectivity index (χ0) is 21.9. The number of amides is 2. The molecule has 1 N–H and O–H groups in total. The molecule has 2 amide bonds. The molecular formula is C22H26N4O2S2. The molecule has 3 aromatic rings. The minimum atomic E-state index is -0.816. The summed E-state index contributed by atoms with van der Waals surface area (Å²) in [5.74, 6) is -0.235. The molecular weight excluding hydrogens is 416 g/mol. The first-order valence-corrected chi connectivity index (χ1v) is 11.4. The average Bonchev–Trinajstić information content (AvgIpc) is 3.38. The number of carbonyl (C=O) groups excluding carboxylic acids is 2. The van der Waals surface area contributed by atoms with Gasteiger partial charge in [0.25, 0.3) is 5.91 Å². The van der Waals surface area contributed by atoms with E-state index in [1.165, 1.54) is 16.2 Å². The van der Waals surface area contributed by atoms with Crippen LogP contribution in [0.2, 0.25) is 0 Å². The van der Waals surface area contributed by atoms with E-state index in [0.29, 0.717) is 11.6 Å². The molecule has 0 saturated carbocycles. The van der Waals surface area contributed by atoms with E-state index in [-0.39, 0.29) is 17.5 Å². The van der Waals surface area contributed by atoms with E-state index in [9.17, 15) is 9.59 Å². The molecule has 0 aliphatic carbocycles. The number of benzene rings is 1. The van der Waals surface area contributed by atoms with Crippen LogP contribution in [0.5, 0.6) is 0 Å². The predicted octanol–water partition coefficient (Wildman–Crippen LogP) is 5.03. The zero-order valence-electron chi connectivity index (χ0n) is 17.7. The van der Waals surface area contributed by atoms with Crippen LogP contribution in [-0.4, -0.2) is 26.9 Å². The van der Waals surface area contributed by atoms with Crippen LogP contribution in [-0.2, 0) is 4.79 Å². The van der Waals surface area contributed by atoms with Crippen molar-refractivity contribution in [3.63, 3.8) is 0 Å². The monoisotopic (exact) mass is 442 g/mol. The van der Waals surface area contributed by atoms with E-state index in [4.69, 9.17) is 0 Å². The van der Waals surface area contributed by atoms with Gasteiger partial charge in [0, 0.05) is 21.5 Å². The highest BCUT2D eigenvalue weighted by atomic mass is 32.1. The Morgan fingerprint density at radius 2 is 1.80 bits per heavy atom. The Hall–Kier alpha value is -2.58. The number of rotatable bonds is 6. The summed E-state index contributed by atoms with van der Waals surface area (Å²) in [5.41, 5.74) is 1.58.